The van der Waals surface area contributed by atoms with Crippen LogP contribution in [0.15, 0.2) is 60.8 Å². The smallest absolute Gasteiger partial charge is 0.256 e. The fourth-order valence-electron chi connectivity index (χ4n) is 2.83. The Morgan fingerprint density at radius 3 is 2.67 bits per heavy atom. The lowest BCUT2D eigenvalue weighted by Crippen LogP contribution is -2.13. The Labute approximate surface area is 159 Å². The standard InChI is InChI=1S/C20H14ClFN4O/c1-26-19-17(11-23-26)16(20(27)24-15-7-5-13(21)6-8-15)10-18(25-19)12-3-2-4-14(22)9-12/h2-11H,1H3,(H,24,27). The zero-order chi connectivity index (χ0) is 19.0. The van der Waals surface area contributed by atoms with E-state index in [1.54, 1.807) is 60.4 Å². The Bertz CT molecular complexity index is 1150. The second-order valence-corrected chi connectivity index (χ2v) is 6.47. The van der Waals surface area contributed by atoms with Crippen LogP contribution < -0.4 is 5.32 Å². The molecule has 0 unspecified atom stereocenters. The van der Waals surface area contributed by atoms with Crippen molar-refractivity contribution in [1.82, 2.24) is 14.8 Å². The van der Waals surface area contributed by atoms with E-state index < -0.39 is 0 Å². The summed E-state index contributed by atoms with van der Waals surface area (Å²) in [5, 5.41) is 8.23. The van der Waals surface area contributed by atoms with Crippen LogP contribution in [0.2, 0.25) is 5.02 Å². The molecular formula is C20H14ClFN4O. The Morgan fingerprint density at radius 1 is 1.15 bits per heavy atom. The van der Waals surface area contributed by atoms with Crippen LogP contribution in [0.1, 0.15) is 10.4 Å². The number of rotatable bonds is 3. The minimum Gasteiger partial charge on any atom is -0.322 e. The third kappa shape index (κ3) is 3.39. The van der Waals surface area contributed by atoms with Gasteiger partial charge in [0.15, 0.2) is 5.65 Å². The number of halogens is 2. The quantitative estimate of drug-likeness (QED) is 0.561. The van der Waals surface area contributed by atoms with Crippen molar-refractivity contribution < 1.29 is 9.18 Å². The van der Waals surface area contributed by atoms with Gasteiger partial charge in [-0.2, -0.15) is 5.10 Å². The number of carbonyl (C=O) groups is 1. The fourth-order valence-corrected chi connectivity index (χ4v) is 2.96. The summed E-state index contributed by atoms with van der Waals surface area (Å²) < 4.78 is 15.2. The molecule has 0 spiro atoms. The Balaban J connectivity index is 1.81. The molecular weight excluding hydrogens is 367 g/mol. The lowest BCUT2D eigenvalue weighted by Gasteiger charge is -2.09. The summed E-state index contributed by atoms with van der Waals surface area (Å²) >= 11 is 5.88. The number of amides is 1. The number of pyridine rings is 1. The number of fused-ring (bicyclic) bond motifs is 1. The molecule has 27 heavy (non-hydrogen) atoms. The van der Waals surface area contributed by atoms with E-state index >= 15 is 0 Å². The van der Waals surface area contributed by atoms with Crippen LogP contribution in [-0.4, -0.2) is 20.7 Å². The van der Waals surface area contributed by atoms with Gasteiger partial charge in [0.25, 0.3) is 5.91 Å². The summed E-state index contributed by atoms with van der Waals surface area (Å²) in [6, 6.07) is 14.6. The molecule has 134 valence electrons. The van der Waals surface area contributed by atoms with E-state index in [1.165, 1.54) is 12.1 Å². The number of hydrogen-bond acceptors (Lipinski definition) is 3. The van der Waals surface area contributed by atoms with Crippen molar-refractivity contribution in [1.29, 1.82) is 0 Å². The molecule has 1 N–H and O–H groups in total. The van der Waals surface area contributed by atoms with Crippen molar-refractivity contribution >= 4 is 34.2 Å². The highest BCUT2D eigenvalue weighted by Crippen LogP contribution is 2.26. The Morgan fingerprint density at radius 2 is 1.93 bits per heavy atom. The number of carbonyl (C=O) groups excluding carboxylic acids is 1. The number of nitrogens with one attached hydrogen (secondary N) is 1. The number of aryl methyl sites for hydroxylation is 1. The van der Waals surface area contributed by atoms with Crippen molar-refractivity contribution in [3.05, 3.63) is 77.2 Å². The molecule has 0 bridgehead atoms. The van der Waals surface area contributed by atoms with E-state index in [1.807, 2.05) is 0 Å². The average Bonchev–Trinajstić information content (AvgIpc) is 3.04. The van der Waals surface area contributed by atoms with Crippen LogP contribution in [0, 0.1) is 5.82 Å². The second kappa shape index (κ2) is 6.81. The van der Waals surface area contributed by atoms with Crippen molar-refractivity contribution in [3.63, 3.8) is 0 Å². The molecule has 1 amide bonds. The highest BCUT2D eigenvalue weighted by Gasteiger charge is 2.17. The highest BCUT2D eigenvalue weighted by molar-refractivity contribution is 6.30. The lowest BCUT2D eigenvalue weighted by atomic mass is 10.1. The van der Waals surface area contributed by atoms with E-state index in [9.17, 15) is 9.18 Å². The molecule has 2 aromatic carbocycles. The molecule has 2 heterocycles. The SMILES string of the molecule is Cn1ncc2c(C(=O)Nc3ccc(Cl)cc3)cc(-c3cccc(F)c3)nc21. The molecule has 0 fully saturated rings. The zero-order valence-electron chi connectivity index (χ0n) is 14.3. The van der Waals surface area contributed by atoms with E-state index in [2.05, 4.69) is 15.4 Å². The Hall–Kier alpha value is -3.25. The van der Waals surface area contributed by atoms with Gasteiger partial charge in [0.05, 0.1) is 22.8 Å². The molecule has 2 aromatic heterocycles. The maximum absolute atomic E-state index is 13.6. The van der Waals surface area contributed by atoms with Gasteiger partial charge in [-0.15, -0.1) is 0 Å². The zero-order valence-corrected chi connectivity index (χ0v) is 15.0. The van der Waals surface area contributed by atoms with Gasteiger partial charge in [0, 0.05) is 23.3 Å². The maximum atomic E-state index is 13.6. The molecule has 0 saturated carbocycles. The molecule has 0 saturated heterocycles. The minimum absolute atomic E-state index is 0.310. The van der Waals surface area contributed by atoms with Crippen LogP contribution >= 0.6 is 11.6 Å². The van der Waals surface area contributed by atoms with Crippen molar-refractivity contribution in [2.24, 2.45) is 7.05 Å². The molecule has 0 atom stereocenters. The van der Waals surface area contributed by atoms with E-state index in [-0.39, 0.29) is 11.7 Å². The number of aromatic nitrogens is 3. The molecule has 4 rings (SSSR count). The van der Waals surface area contributed by atoms with Crippen LogP contribution in [-0.2, 0) is 7.05 Å². The van der Waals surface area contributed by atoms with Gasteiger partial charge in [0.2, 0.25) is 0 Å². The minimum atomic E-state index is -0.369. The van der Waals surface area contributed by atoms with Gasteiger partial charge in [-0.1, -0.05) is 23.7 Å². The second-order valence-electron chi connectivity index (χ2n) is 6.03. The van der Waals surface area contributed by atoms with Crippen LogP contribution in [0.3, 0.4) is 0 Å². The van der Waals surface area contributed by atoms with Crippen molar-refractivity contribution in [2.75, 3.05) is 5.32 Å². The number of nitrogens with zero attached hydrogens (tertiary/aromatic N) is 3. The van der Waals surface area contributed by atoms with Crippen molar-refractivity contribution in [3.8, 4) is 11.3 Å². The van der Waals surface area contributed by atoms with Crippen molar-refractivity contribution in [2.45, 2.75) is 0 Å². The summed E-state index contributed by atoms with van der Waals surface area (Å²) in [6.45, 7) is 0. The van der Waals surface area contributed by atoms with Gasteiger partial charge < -0.3 is 5.32 Å². The van der Waals surface area contributed by atoms with Gasteiger partial charge in [0.1, 0.15) is 5.82 Å². The normalized spacial score (nSPS) is 10.9. The summed E-state index contributed by atoms with van der Waals surface area (Å²) in [7, 11) is 1.74. The average molecular weight is 381 g/mol. The molecule has 5 nitrogen and oxygen atoms in total. The van der Waals surface area contributed by atoms with Crippen LogP contribution in [0.4, 0.5) is 10.1 Å². The van der Waals surface area contributed by atoms with Gasteiger partial charge in [-0.05, 0) is 42.5 Å². The predicted octanol–water partition coefficient (Wildman–Crippen LogP) is 4.68. The van der Waals surface area contributed by atoms with Gasteiger partial charge in [-0.25, -0.2) is 9.37 Å². The first kappa shape index (κ1) is 17.2. The summed E-state index contributed by atoms with van der Waals surface area (Å²) in [4.78, 5) is 17.4. The summed E-state index contributed by atoms with van der Waals surface area (Å²) in [6.07, 6.45) is 1.59. The molecule has 0 radical (unpaired) electrons. The molecule has 0 aliphatic heterocycles. The predicted molar refractivity (Wildman–Crippen MR) is 103 cm³/mol. The summed E-state index contributed by atoms with van der Waals surface area (Å²) in [5.41, 5.74) is 2.64. The third-order valence-corrected chi connectivity index (χ3v) is 4.42. The first-order valence-electron chi connectivity index (χ1n) is 8.17. The third-order valence-electron chi connectivity index (χ3n) is 4.17. The maximum Gasteiger partial charge on any atom is 0.256 e. The summed E-state index contributed by atoms with van der Waals surface area (Å²) in [5.74, 6) is -0.679. The van der Waals surface area contributed by atoms with Gasteiger partial charge in [-0.3, -0.25) is 9.48 Å². The van der Waals surface area contributed by atoms with E-state index in [0.29, 0.717) is 38.6 Å². The lowest BCUT2D eigenvalue weighted by molar-refractivity contribution is 0.102. The number of anilines is 1. The van der Waals surface area contributed by atoms with Gasteiger partial charge >= 0.3 is 0 Å². The van der Waals surface area contributed by atoms with Crippen LogP contribution in [0.25, 0.3) is 22.3 Å². The molecule has 4 aromatic rings. The number of benzene rings is 2. The Kier molecular flexibility index (Phi) is 4.33. The van der Waals surface area contributed by atoms with Crippen LogP contribution in [0.5, 0.6) is 0 Å². The largest absolute Gasteiger partial charge is 0.322 e. The topological polar surface area (TPSA) is 59.8 Å². The number of hydrogen-bond donors (Lipinski definition) is 1. The first-order chi connectivity index (χ1) is 13.0. The molecule has 0 aliphatic carbocycles. The monoisotopic (exact) mass is 380 g/mol. The first-order valence-corrected chi connectivity index (χ1v) is 8.55. The van der Waals surface area contributed by atoms with E-state index in [4.69, 9.17) is 11.6 Å². The van der Waals surface area contributed by atoms with E-state index in [0.717, 1.165) is 0 Å². The highest BCUT2D eigenvalue weighted by atomic mass is 35.5. The molecule has 0 aliphatic rings. The fraction of sp³-hybridized carbons (Fsp3) is 0.0500. The molecule has 7 heteroatoms.